The molecule has 0 aliphatic rings. The molecule has 0 saturated carbocycles. The minimum absolute atomic E-state index is 0.354. The van der Waals surface area contributed by atoms with Gasteiger partial charge < -0.3 is 15.6 Å². The third kappa shape index (κ3) is 7.77. The third-order valence-electron chi connectivity index (χ3n) is 5.10. The van der Waals surface area contributed by atoms with Crippen LogP contribution in [0.5, 0.6) is 5.75 Å². The summed E-state index contributed by atoms with van der Waals surface area (Å²) in [6.45, 7) is 2.24. The number of ether oxygens (including phenoxy) is 1. The Morgan fingerprint density at radius 1 is 1.00 bits per heavy atom. The molecule has 4 nitrogen and oxygen atoms in total. The molecule has 1 unspecified atom stereocenters. The van der Waals surface area contributed by atoms with E-state index in [0.29, 0.717) is 17.7 Å². The van der Waals surface area contributed by atoms with Gasteiger partial charge in [-0.25, -0.2) is 0 Å². The fourth-order valence-corrected chi connectivity index (χ4v) is 3.34. The van der Waals surface area contributed by atoms with E-state index in [-0.39, 0.29) is 0 Å². The maximum atomic E-state index is 11.9. The predicted molar refractivity (Wildman–Crippen MR) is 107 cm³/mol. The molecule has 0 fully saturated rings. The van der Waals surface area contributed by atoms with Gasteiger partial charge in [0.15, 0.2) is 5.60 Å². The van der Waals surface area contributed by atoms with Gasteiger partial charge in [-0.1, -0.05) is 83.3 Å². The van der Waals surface area contributed by atoms with Crippen LogP contribution in [0, 0.1) is 0 Å². The summed E-state index contributed by atoms with van der Waals surface area (Å²) in [5, 5.41) is 10.8. The SMILES string of the molecule is CCCCCCCCCCCCCC(O)(C(N)=O)c1cccc(OC)c1. The average molecular weight is 364 g/mol. The number of aliphatic hydroxyl groups is 1. The van der Waals surface area contributed by atoms with Gasteiger partial charge in [0.25, 0.3) is 5.91 Å². The van der Waals surface area contributed by atoms with Gasteiger partial charge in [-0.2, -0.15) is 0 Å². The fraction of sp³-hybridized carbons (Fsp3) is 0.682. The second-order valence-corrected chi connectivity index (χ2v) is 7.24. The molecule has 3 N–H and O–H groups in total. The molecular weight excluding hydrogens is 326 g/mol. The Hall–Kier alpha value is -1.55. The van der Waals surface area contributed by atoms with Gasteiger partial charge in [0, 0.05) is 0 Å². The van der Waals surface area contributed by atoms with E-state index in [1.807, 2.05) is 0 Å². The Balaban J connectivity index is 2.29. The van der Waals surface area contributed by atoms with Gasteiger partial charge in [-0.3, -0.25) is 4.79 Å². The van der Waals surface area contributed by atoms with E-state index in [1.54, 1.807) is 31.4 Å². The molecule has 1 amide bonds. The van der Waals surface area contributed by atoms with E-state index in [0.717, 1.165) is 19.3 Å². The van der Waals surface area contributed by atoms with Crippen LogP contribution in [0.15, 0.2) is 24.3 Å². The van der Waals surface area contributed by atoms with E-state index < -0.39 is 11.5 Å². The van der Waals surface area contributed by atoms with Crippen molar-refractivity contribution in [2.24, 2.45) is 5.73 Å². The van der Waals surface area contributed by atoms with Crippen LogP contribution in [0.2, 0.25) is 0 Å². The molecule has 0 heterocycles. The molecule has 0 bridgehead atoms. The molecule has 0 spiro atoms. The first-order chi connectivity index (χ1) is 12.5. The van der Waals surface area contributed by atoms with Crippen LogP contribution in [0.1, 0.15) is 89.5 Å². The van der Waals surface area contributed by atoms with Crippen molar-refractivity contribution in [1.82, 2.24) is 0 Å². The number of hydrogen-bond acceptors (Lipinski definition) is 3. The van der Waals surface area contributed by atoms with E-state index in [1.165, 1.54) is 51.4 Å². The first kappa shape index (κ1) is 22.5. The van der Waals surface area contributed by atoms with Crippen LogP contribution in [0.25, 0.3) is 0 Å². The van der Waals surface area contributed by atoms with Crippen LogP contribution in [0.4, 0.5) is 0 Å². The van der Waals surface area contributed by atoms with Gasteiger partial charge in [0.2, 0.25) is 0 Å². The van der Waals surface area contributed by atoms with Gasteiger partial charge in [0.05, 0.1) is 7.11 Å². The molecule has 1 aromatic rings. The highest BCUT2D eigenvalue weighted by Gasteiger charge is 2.35. The van der Waals surface area contributed by atoms with Crippen molar-refractivity contribution < 1.29 is 14.6 Å². The van der Waals surface area contributed by atoms with E-state index in [4.69, 9.17) is 10.5 Å². The maximum absolute atomic E-state index is 11.9. The van der Waals surface area contributed by atoms with Gasteiger partial charge >= 0.3 is 0 Å². The van der Waals surface area contributed by atoms with E-state index in [2.05, 4.69) is 6.92 Å². The molecule has 0 aliphatic heterocycles. The van der Waals surface area contributed by atoms with Gasteiger partial charge in [0.1, 0.15) is 5.75 Å². The van der Waals surface area contributed by atoms with Crippen molar-refractivity contribution in [2.45, 2.75) is 89.6 Å². The summed E-state index contributed by atoms with van der Waals surface area (Å²) in [6, 6.07) is 6.96. The Bertz CT molecular complexity index is 518. The number of unbranched alkanes of at least 4 members (excludes halogenated alkanes) is 10. The lowest BCUT2D eigenvalue weighted by Gasteiger charge is -2.25. The Kier molecular flexibility index (Phi) is 11.0. The van der Waals surface area contributed by atoms with Crippen molar-refractivity contribution in [3.8, 4) is 5.75 Å². The van der Waals surface area contributed by atoms with Crippen LogP contribution in [-0.4, -0.2) is 18.1 Å². The molecule has 26 heavy (non-hydrogen) atoms. The third-order valence-corrected chi connectivity index (χ3v) is 5.10. The molecule has 1 atom stereocenters. The average Bonchev–Trinajstić information content (AvgIpc) is 2.65. The number of carbonyl (C=O) groups is 1. The van der Waals surface area contributed by atoms with Crippen LogP contribution >= 0.6 is 0 Å². The van der Waals surface area contributed by atoms with Crippen LogP contribution < -0.4 is 10.5 Å². The molecule has 0 aliphatic carbocycles. The Morgan fingerprint density at radius 3 is 2.04 bits per heavy atom. The number of hydrogen-bond donors (Lipinski definition) is 2. The van der Waals surface area contributed by atoms with E-state index in [9.17, 15) is 9.90 Å². The number of rotatable bonds is 15. The van der Waals surface area contributed by atoms with Crippen molar-refractivity contribution >= 4 is 5.91 Å². The smallest absolute Gasteiger partial charge is 0.254 e. The lowest BCUT2D eigenvalue weighted by Crippen LogP contribution is -2.41. The Labute approximate surface area is 159 Å². The monoisotopic (exact) mass is 363 g/mol. The fourth-order valence-electron chi connectivity index (χ4n) is 3.34. The van der Waals surface area contributed by atoms with Gasteiger partial charge in [-0.15, -0.1) is 0 Å². The number of benzene rings is 1. The number of nitrogens with two attached hydrogens (primary N) is 1. The zero-order chi connectivity index (χ0) is 19.3. The second kappa shape index (κ2) is 12.7. The lowest BCUT2D eigenvalue weighted by atomic mass is 9.87. The largest absolute Gasteiger partial charge is 0.497 e. The molecule has 0 saturated heterocycles. The molecule has 4 heteroatoms. The second-order valence-electron chi connectivity index (χ2n) is 7.24. The summed E-state index contributed by atoms with van der Waals surface area (Å²) in [4.78, 5) is 11.9. The van der Waals surface area contributed by atoms with Crippen molar-refractivity contribution in [2.75, 3.05) is 7.11 Å². The summed E-state index contributed by atoms with van der Waals surface area (Å²) in [5.41, 5.74) is 4.39. The first-order valence-corrected chi connectivity index (χ1v) is 10.2. The minimum Gasteiger partial charge on any atom is -0.497 e. The summed E-state index contributed by atoms with van der Waals surface area (Å²) < 4.78 is 5.18. The zero-order valence-electron chi connectivity index (χ0n) is 16.6. The van der Waals surface area contributed by atoms with Crippen molar-refractivity contribution in [1.29, 1.82) is 0 Å². The normalized spacial score (nSPS) is 13.3. The highest BCUT2D eigenvalue weighted by Crippen LogP contribution is 2.30. The highest BCUT2D eigenvalue weighted by molar-refractivity contribution is 5.84. The molecule has 1 aromatic carbocycles. The van der Waals surface area contributed by atoms with Crippen molar-refractivity contribution in [3.05, 3.63) is 29.8 Å². The summed E-state index contributed by atoms with van der Waals surface area (Å²) in [6.07, 6.45) is 13.8. The van der Waals surface area contributed by atoms with Crippen LogP contribution in [-0.2, 0) is 10.4 Å². The van der Waals surface area contributed by atoms with Crippen LogP contribution in [0.3, 0.4) is 0 Å². The minimum atomic E-state index is -1.62. The summed E-state index contributed by atoms with van der Waals surface area (Å²) >= 11 is 0. The number of primary amides is 1. The van der Waals surface area contributed by atoms with Crippen molar-refractivity contribution in [3.63, 3.8) is 0 Å². The van der Waals surface area contributed by atoms with Gasteiger partial charge in [-0.05, 0) is 30.5 Å². The predicted octanol–water partition coefficient (Wildman–Crippen LogP) is 5.07. The standard InChI is InChI=1S/C22H37NO3/c1-3-4-5-6-7-8-9-10-11-12-13-17-22(25,21(23)24)19-15-14-16-20(18-19)26-2/h14-16,18,25H,3-13,17H2,1-2H3,(H2,23,24). The highest BCUT2D eigenvalue weighted by atomic mass is 16.5. The lowest BCUT2D eigenvalue weighted by molar-refractivity contribution is -0.138. The molecule has 148 valence electrons. The molecular formula is C22H37NO3. The molecule has 0 aromatic heterocycles. The zero-order valence-corrected chi connectivity index (χ0v) is 16.6. The summed E-state index contributed by atoms with van der Waals surface area (Å²) in [5.74, 6) is -0.0843. The quantitative estimate of drug-likeness (QED) is 0.427. The number of amides is 1. The number of methoxy groups -OCH3 is 1. The maximum Gasteiger partial charge on any atom is 0.254 e. The molecule has 0 radical (unpaired) electrons. The van der Waals surface area contributed by atoms with E-state index >= 15 is 0 Å². The first-order valence-electron chi connectivity index (χ1n) is 10.2. The topological polar surface area (TPSA) is 72.5 Å². The Morgan fingerprint density at radius 2 is 1.54 bits per heavy atom. The summed E-state index contributed by atoms with van der Waals surface area (Å²) in [7, 11) is 1.56. The molecule has 1 rings (SSSR count). The number of carbonyl (C=O) groups excluding carboxylic acids is 1.